The molecule has 1 aromatic carbocycles. The van der Waals surface area contributed by atoms with Gasteiger partial charge in [-0.2, -0.15) is 0 Å². The molecule has 1 aliphatic heterocycles. The second kappa shape index (κ2) is 10.4. The maximum Gasteiger partial charge on any atom is 0.271 e. The maximum absolute atomic E-state index is 13.5. The number of halogens is 2. The Kier molecular flexibility index (Phi) is 7.84. The number of sulfone groups is 1. The van der Waals surface area contributed by atoms with Crippen LogP contribution >= 0.6 is 11.6 Å². The number of hydrogen-bond acceptors (Lipinski definition) is 6. The van der Waals surface area contributed by atoms with Gasteiger partial charge in [-0.15, -0.1) is 0 Å². The summed E-state index contributed by atoms with van der Waals surface area (Å²) in [7, 11) is -3.27. The van der Waals surface area contributed by atoms with Crippen LogP contribution in [-0.4, -0.2) is 43.1 Å². The molecule has 0 spiro atoms. The fourth-order valence-corrected chi connectivity index (χ4v) is 4.47. The van der Waals surface area contributed by atoms with Gasteiger partial charge >= 0.3 is 0 Å². The van der Waals surface area contributed by atoms with Crippen LogP contribution in [0.25, 0.3) is 0 Å². The summed E-state index contributed by atoms with van der Waals surface area (Å²) < 4.78 is 36.0. The van der Waals surface area contributed by atoms with Crippen LogP contribution in [0.2, 0.25) is 5.02 Å². The Labute approximate surface area is 192 Å². The first kappa shape index (κ1) is 24.1. The molecule has 2 heterocycles. The van der Waals surface area contributed by atoms with E-state index in [4.69, 9.17) is 11.6 Å². The molecule has 0 radical (unpaired) electrons. The third-order valence-corrected chi connectivity index (χ3v) is 6.19. The zero-order valence-electron chi connectivity index (χ0n) is 18.0. The SMILES string of the molecule is C[C@H](/C=C/S(C)(=O)=O)NC(=O)c1cnc(N2CCCCC[C@H]2c2ccc(F)cc2Cl)cn1. The monoisotopic (exact) mass is 480 g/mol. The topological polar surface area (TPSA) is 92.3 Å². The predicted octanol–water partition coefficient (Wildman–Crippen LogP) is 4.07. The van der Waals surface area contributed by atoms with Crippen LogP contribution in [-0.2, 0) is 9.84 Å². The van der Waals surface area contributed by atoms with Gasteiger partial charge in [0.25, 0.3) is 5.91 Å². The lowest BCUT2D eigenvalue weighted by Crippen LogP contribution is -2.32. The predicted molar refractivity (Wildman–Crippen MR) is 123 cm³/mol. The number of amides is 1. The lowest BCUT2D eigenvalue weighted by atomic mass is 10.0. The van der Waals surface area contributed by atoms with Gasteiger partial charge in [-0.1, -0.05) is 36.6 Å². The molecular formula is C22H26ClFN4O3S. The Morgan fingerprint density at radius 2 is 2.06 bits per heavy atom. The number of carbonyl (C=O) groups is 1. The van der Waals surface area contributed by atoms with E-state index in [0.29, 0.717) is 10.8 Å². The van der Waals surface area contributed by atoms with Crippen LogP contribution in [0.15, 0.2) is 42.1 Å². The van der Waals surface area contributed by atoms with Crippen molar-refractivity contribution in [2.24, 2.45) is 0 Å². The molecule has 0 saturated carbocycles. The average Bonchev–Trinajstić information content (AvgIpc) is 2.98. The van der Waals surface area contributed by atoms with Crippen molar-refractivity contribution >= 4 is 33.2 Å². The Morgan fingerprint density at radius 1 is 1.28 bits per heavy atom. The number of rotatable bonds is 6. The molecule has 0 bridgehead atoms. The Bertz CT molecular complexity index is 1090. The van der Waals surface area contributed by atoms with E-state index in [-0.39, 0.29) is 17.6 Å². The largest absolute Gasteiger partial charge is 0.348 e. The second-order valence-electron chi connectivity index (χ2n) is 7.90. The van der Waals surface area contributed by atoms with E-state index >= 15 is 0 Å². The van der Waals surface area contributed by atoms with Crippen molar-refractivity contribution in [3.63, 3.8) is 0 Å². The molecule has 2 aromatic rings. The van der Waals surface area contributed by atoms with Crippen LogP contribution in [0, 0.1) is 5.82 Å². The van der Waals surface area contributed by atoms with E-state index in [2.05, 4.69) is 20.2 Å². The summed E-state index contributed by atoms with van der Waals surface area (Å²) in [5.41, 5.74) is 0.963. The maximum atomic E-state index is 13.5. The van der Waals surface area contributed by atoms with Gasteiger partial charge in [0, 0.05) is 29.3 Å². The normalized spacial score (nSPS) is 18.4. The molecule has 0 aliphatic carbocycles. The molecule has 2 atom stereocenters. The number of anilines is 1. The van der Waals surface area contributed by atoms with Gasteiger partial charge in [-0.3, -0.25) is 4.79 Å². The average molecular weight is 481 g/mol. The minimum Gasteiger partial charge on any atom is -0.348 e. The van der Waals surface area contributed by atoms with Crippen LogP contribution < -0.4 is 10.2 Å². The summed E-state index contributed by atoms with van der Waals surface area (Å²) >= 11 is 6.34. The molecule has 7 nitrogen and oxygen atoms in total. The zero-order valence-corrected chi connectivity index (χ0v) is 19.5. The number of nitrogens with one attached hydrogen (secondary N) is 1. The highest BCUT2D eigenvalue weighted by Crippen LogP contribution is 2.36. The van der Waals surface area contributed by atoms with Gasteiger partial charge < -0.3 is 10.2 Å². The minimum atomic E-state index is -3.27. The van der Waals surface area contributed by atoms with Crippen LogP contribution in [0.1, 0.15) is 54.7 Å². The van der Waals surface area contributed by atoms with E-state index in [9.17, 15) is 17.6 Å². The summed E-state index contributed by atoms with van der Waals surface area (Å²) in [6.07, 6.45) is 9.32. The minimum absolute atomic E-state index is 0.0688. The van der Waals surface area contributed by atoms with E-state index < -0.39 is 21.8 Å². The lowest BCUT2D eigenvalue weighted by molar-refractivity contribution is 0.0941. The first-order chi connectivity index (χ1) is 15.1. The summed E-state index contributed by atoms with van der Waals surface area (Å²) in [5.74, 6) is -0.225. The van der Waals surface area contributed by atoms with Gasteiger partial charge in [0.05, 0.1) is 18.4 Å². The van der Waals surface area contributed by atoms with Gasteiger partial charge in [0.2, 0.25) is 0 Å². The molecule has 3 rings (SSSR count). The van der Waals surface area contributed by atoms with E-state index in [1.807, 2.05) is 0 Å². The number of hydrogen-bond donors (Lipinski definition) is 1. The van der Waals surface area contributed by atoms with Crippen molar-refractivity contribution in [1.82, 2.24) is 15.3 Å². The fourth-order valence-electron chi connectivity index (χ4n) is 3.65. The van der Waals surface area contributed by atoms with E-state index in [1.54, 1.807) is 19.2 Å². The number of nitrogens with zero attached hydrogens (tertiary/aromatic N) is 3. The highest BCUT2D eigenvalue weighted by atomic mass is 35.5. The van der Waals surface area contributed by atoms with Crippen molar-refractivity contribution in [1.29, 1.82) is 0 Å². The number of carbonyl (C=O) groups excluding carboxylic acids is 1. The van der Waals surface area contributed by atoms with Crippen LogP contribution in [0.3, 0.4) is 0 Å². The zero-order chi connectivity index (χ0) is 23.3. The van der Waals surface area contributed by atoms with Crippen LogP contribution in [0.4, 0.5) is 10.2 Å². The standard InChI is InChI=1S/C22H26ClFN4O3S/c1-15(9-11-32(2,30)31)27-22(29)19-13-26-21(14-25-19)28-10-5-3-4-6-20(28)17-8-7-16(24)12-18(17)23/h7-9,11-15,20H,3-6,10H2,1-2H3,(H,27,29)/b11-9+/t15-,20+/m1/s1. The Hall–Kier alpha value is -2.52. The quantitative estimate of drug-likeness (QED) is 0.670. The summed E-state index contributed by atoms with van der Waals surface area (Å²) in [4.78, 5) is 23.2. The van der Waals surface area contributed by atoms with Crippen molar-refractivity contribution in [3.8, 4) is 0 Å². The lowest BCUT2D eigenvalue weighted by Gasteiger charge is -2.31. The molecule has 1 aromatic heterocycles. The van der Waals surface area contributed by atoms with Gasteiger partial charge in [0.1, 0.15) is 17.3 Å². The molecule has 1 fully saturated rings. The summed E-state index contributed by atoms with van der Waals surface area (Å²) in [6, 6.07) is 3.87. The number of aromatic nitrogens is 2. The van der Waals surface area contributed by atoms with Crippen molar-refractivity contribution in [3.05, 3.63) is 64.2 Å². The molecule has 10 heteroatoms. The fraction of sp³-hybridized carbons (Fsp3) is 0.409. The molecule has 32 heavy (non-hydrogen) atoms. The Balaban J connectivity index is 1.78. The summed E-state index contributed by atoms with van der Waals surface area (Å²) in [5, 5.41) is 4.09. The molecule has 1 saturated heterocycles. The van der Waals surface area contributed by atoms with E-state index in [1.165, 1.54) is 24.4 Å². The van der Waals surface area contributed by atoms with Gasteiger partial charge in [-0.25, -0.2) is 22.8 Å². The highest BCUT2D eigenvalue weighted by molar-refractivity contribution is 7.93. The van der Waals surface area contributed by atoms with Gasteiger partial charge in [0.15, 0.2) is 9.84 Å². The third kappa shape index (κ3) is 6.49. The highest BCUT2D eigenvalue weighted by Gasteiger charge is 2.26. The molecular weight excluding hydrogens is 455 g/mol. The Morgan fingerprint density at radius 3 is 2.72 bits per heavy atom. The molecule has 1 aliphatic rings. The molecule has 172 valence electrons. The number of benzene rings is 1. The van der Waals surface area contributed by atoms with Gasteiger partial charge in [-0.05, 0) is 37.5 Å². The second-order valence-corrected chi connectivity index (χ2v) is 10.2. The third-order valence-electron chi connectivity index (χ3n) is 5.21. The van der Waals surface area contributed by atoms with Crippen molar-refractivity contribution in [2.75, 3.05) is 17.7 Å². The first-order valence-electron chi connectivity index (χ1n) is 10.4. The van der Waals surface area contributed by atoms with E-state index in [0.717, 1.165) is 49.5 Å². The van der Waals surface area contributed by atoms with Crippen molar-refractivity contribution in [2.45, 2.75) is 44.7 Å². The molecule has 0 unspecified atom stereocenters. The first-order valence-corrected chi connectivity index (χ1v) is 12.7. The molecule has 1 amide bonds. The van der Waals surface area contributed by atoms with Crippen LogP contribution in [0.5, 0.6) is 0 Å². The summed E-state index contributed by atoms with van der Waals surface area (Å²) in [6.45, 7) is 2.40. The van der Waals surface area contributed by atoms with Crippen molar-refractivity contribution < 1.29 is 17.6 Å². The molecule has 1 N–H and O–H groups in total. The smallest absolute Gasteiger partial charge is 0.271 e.